The topological polar surface area (TPSA) is 92.9 Å². The Morgan fingerprint density at radius 2 is 2.16 bits per heavy atom. The Hall–Kier alpha value is -1.14. The Balaban J connectivity index is 2.10. The molecule has 1 saturated carbocycles. The molecule has 4 atom stereocenters. The van der Waals surface area contributed by atoms with Gasteiger partial charge in [0.2, 0.25) is 5.91 Å². The molecule has 6 nitrogen and oxygen atoms in total. The average Bonchev–Trinajstić information content (AvgIpc) is 3.03. The number of ether oxygens (including phenoxy) is 1. The van der Waals surface area contributed by atoms with Gasteiger partial charge in [0.25, 0.3) is 0 Å². The van der Waals surface area contributed by atoms with Crippen molar-refractivity contribution in [2.45, 2.75) is 37.8 Å². The molecule has 1 aliphatic heterocycles. The lowest BCUT2D eigenvalue weighted by molar-refractivity contribution is -0.150. The third kappa shape index (κ3) is 2.74. The van der Waals surface area contributed by atoms with Crippen LogP contribution in [0.3, 0.4) is 0 Å². The Kier molecular flexibility index (Phi) is 4.42. The number of carbonyl (C=O) groups is 2. The summed E-state index contributed by atoms with van der Waals surface area (Å²) in [6, 6.07) is -0.753. The van der Waals surface area contributed by atoms with E-state index in [0.29, 0.717) is 19.5 Å². The van der Waals surface area contributed by atoms with Crippen molar-refractivity contribution in [1.82, 2.24) is 4.90 Å². The second-order valence-corrected chi connectivity index (χ2v) is 5.47. The van der Waals surface area contributed by atoms with Gasteiger partial charge in [-0.15, -0.1) is 0 Å². The number of carbonyl (C=O) groups excluding carboxylic acids is 1. The molecule has 0 aromatic heterocycles. The molecule has 1 heterocycles. The zero-order valence-corrected chi connectivity index (χ0v) is 11.2. The van der Waals surface area contributed by atoms with Crippen LogP contribution in [0, 0.1) is 11.8 Å². The van der Waals surface area contributed by atoms with Crippen LogP contribution in [0.2, 0.25) is 0 Å². The Morgan fingerprint density at radius 3 is 2.74 bits per heavy atom. The SMILES string of the molecule is COC1CC(C(=O)O)N(C(=O)C2CCCC2CN)C1. The summed E-state index contributed by atoms with van der Waals surface area (Å²) < 4.78 is 5.21. The lowest BCUT2D eigenvalue weighted by Gasteiger charge is -2.27. The Labute approximate surface area is 112 Å². The summed E-state index contributed by atoms with van der Waals surface area (Å²) in [5.74, 6) is -0.916. The maximum absolute atomic E-state index is 12.5. The van der Waals surface area contributed by atoms with Gasteiger partial charge < -0.3 is 20.5 Å². The lowest BCUT2D eigenvalue weighted by Crippen LogP contribution is -2.45. The number of nitrogens with zero attached hydrogens (tertiary/aromatic N) is 1. The van der Waals surface area contributed by atoms with Crippen molar-refractivity contribution in [1.29, 1.82) is 0 Å². The molecule has 2 rings (SSSR count). The van der Waals surface area contributed by atoms with Gasteiger partial charge in [0.05, 0.1) is 6.10 Å². The quantitative estimate of drug-likeness (QED) is 0.753. The van der Waals surface area contributed by atoms with Crippen LogP contribution in [-0.4, -0.2) is 54.2 Å². The molecule has 4 unspecified atom stereocenters. The van der Waals surface area contributed by atoms with Crippen LogP contribution in [0.4, 0.5) is 0 Å². The van der Waals surface area contributed by atoms with Gasteiger partial charge in [0.1, 0.15) is 6.04 Å². The smallest absolute Gasteiger partial charge is 0.326 e. The second kappa shape index (κ2) is 5.88. The Morgan fingerprint density at radius 1 is 1.42 bits per heavy atom. The summed E-state index contributed by atoms with van der Waals surface area (Å²) in [4.78, 5) is 25.3. The van der Waals surface area contributed by atoms with Crippen molar-refractivity contribution in [3.63, 3.8) is 0 Å². The van der Waals surface area contributed by atoms with Gasteiger partial charge in [0.15, 0.2) is 0 Å². The van der Waals surface area contributed by atoms with E-state index in [1.54, 1.807) is 7.11 Å². The van der Waals surface area contributed by atoms with Gasteiger partial charge in [-0.2, -0.15) is 0 Å². The molecular weight excluding hydrogens is 248 g/mol. The van der Waals surface area contributed by atoms with E-state index in [2.05, 4.69) is 0 Å². The fraction of sp³-hybridized carbons (Fsp3) is 0.846. The van der Waals surface area contributed by atoms with E-state index in [1.807, 2.05) is 0 Å². The number of rotatable bonds is 4. The summed E-state index contributed by atoms with van der Waals surface area (Å²) in [6.07, 6.45) is 2.98. The van der Waals surface area contributed by atoms with Crippen molar-refractivity contribution < 1.29 is 19.4 Å². The van der Waals surface area contributed by atoms with Crippen LogP contribution in [-0.2, 0) is 14.3 Å². The van der Waals surface area contributed by atoms with Gasteiger partial charge in [-0.05, 0) is 25.3 Å². The highest BCUT2D eigenvalue weighted by Gasteiger charge is 2.44. The minimum atomic E-state index is -0.949. The molecule has 0 spiro atoms. The van der Waals surface area contributed by atoms with Gasteiger partial charge in [-0.25, -0.2) is 4.79 Å². The van der Waals surface area contributed by atoms with Crippen LogP contribution in [0.1, 0.15) is 25.7 Å². The zero-order chi connectivity index (χ0) is 14.0. The van der Waals surface area contributed by atoms with E-state index in [1.165, 1.54) is 4.90 Å². The fourth-order valence-electron chi connectivity index (χ4n) is 3.30. The number of hydrogen-bond acceptors (Lipinski definition) is 4. The highest BCUT2D eigenvalue weighted by Crippen LogP contribution is 2.34. The Bertz CT molecular complexity index is 361. The van der Waals surface area contributed by atoms with Crippen molar-refractivity contribution >= 4 is 11.9 Å². The van der Waals surface area contributed by atoms with Crippen molar-refractivity contribution in [3.05, 3.63) is 0 Å². The standard InChI is InChI=1S/C13H22N2O4/c1-19-9-5-11(13(17)18)15(7-9)12(16)10-4-2-3-8(10)6-14/h8-11H,2-7,14H2,1H3,(H,17,18). The van der Waals surface area contributed by atoms with E-state index < -0.39 is 12.0 Å². The van der Waals surface area contributed by atoms with Crippen molar-refractivity contribution in [2.75, 3.05) is 20.2 Å². The highest BCUT2D eigenvalue weighted by atomic mass is 16.5. The number of amides is 1. The van der Waals surface area contributed by atoms with Gasteiger partial charge in [-0.1, -0.05) is 6.42 Å². The van der Waals surface area contributed by atoms with Gasteiger partial charge in [-0.3, -0.25) is 4.79 Å². The van der Waals surface area contributed by atoms with Crippen LogP contribution in [0.15, 0.2) is 0 Å². The number of methoxy groups -OCH3 is 1. The summed E-state index contributed by atoms with van der Waals surface area (Å²) in [7, 11) is 1.55. The summed E-state index contributed by atoms with van der Waals surface area (Å²) in [5.41, 5.74) is 5.70. The maximum Gasteiger partial charge on any atom is 0.326 e. The number of hydrogen-bond donors (Lipinski definition) is 2. The first kappa shape index (κ1) is 14.3. The molecule has 6 heteroatoms. The van der Waals surface area contributed by atoms with E-state index in [4.69, 9.17) is 10.5 Å². The van der Waals surface area contributed by atoms with E-state index in [9.17, 15) is 14.7 Å². The van der Waals surface area contributed by atoms with E-state index in [-0.39, 0.29) is 23.8 Å². The van der Waals surface area contributed by atoms with Crippen molar-refractivity contribution in [2.24, 2.45) is 17.6 Å². The molecule has 2 fully saturated rings. The molecule has 1 amide bonds. The normalized spacial score (nSPS) is 34.7. The predicted molar refractivity (Wildman–Crippen MR) is 68.4 cm³/mol. The summed E-state index contributed by atoms with van der Waals surface area (Å²) in [6.45, 7) is 0.871. The molecule has 0 bridgehead atoms. The first-order valence-electron chi connectivity index (χ1n) is 6.84. The lowest BCUT2D eigenvalue weighted by atomic mass is 9.94. The largest absolute Gasteiger partial charge is 0.480 e. The summed E-state index contributed by atoms with van der Waals surface area (Å²) >= 11 is 0. The van der Waals surface area contributed by atoms with Crippen LogP contribution in [0.25, 0.3) is 0 Å². The molecule has 0 aromatic carbocycles. The molecule has 108 valence electrons. The van der Waals surface area contributed by atoms with Crippen LogP contribution >= 0.6 is 0 Å². The van der Waals surface area contributed by atoms with E-state index >= 15 is 0 Å². The molecular formula is C13H22N2O4. The number of carboxylic acids is 1. The van der Waals surface area contributed by atoms with Gasteiger partial charge in [0, 0.05) is 26.0 Å². The first-order valence-corrected chi connectivity index (χ1v) is 6.84. The predicted octanol–water partition coefficient (Wildman–Crippen LogP) is 0.0619. The van der Waals surface area contributed by atoms with Crippen LogP contribution in [0.5, 0.6) is 0 Å². The highest BCUT2D eigenvalue weighted by molar-refractivity contribution is 5.86. The minimum Gasteiger partial charge on any atom is -0.480 e. The number of likely N-dealkylation sites (tertiary alicyclic amines) is 1. The minimum absolute atomic E-state index is 0.0556. The molecule has 0 aromatic rings. The summed E-state index contributed by atoms with van der Waals surface area (Å²) in [5, 5.41) is 9.24. The molecule has 1 aliphatic carbocycles. The van der Waals surface area contributed by atoms with E-state index in [0.717, 1.165) is 19.3 Å². The zero-order valence-electron chi connectivity index (χ0n) is 11.2. The third-order valence-corrected chi connectivity index (χ3v) is 4.44. The molecule has 19 heavy (non-hydrogen) atoms. The molecule has 1 saturated heterocycles. The van der Waals surface area contributed by atoms with Gasteiger partial charge >= 0.3 is 5.97 Å². The third-order valence-electron chi connectivity index (χ3n) is 4.44. The van der Waals surface area contributed by atoms with Crippen LogP contribution < -0.4 is 5.73 Å². The first-order chi connectivity index (χ1) is 9.08. The number of nitrogens with two attached hydrogens (primary N) is 1. The molecule has 3 N–H and O–H groups in total. The monoisotopic (exact) mass is 270 g/mol. The number of aliphatic carboxylic acids is 1. The number of carboxylic acid groups (broad SMARTS) is 1. The maximum atomic E-state index is 12.5. The molecule has 0 radical (unpaired) electrons. The van der Waals surface area contributed by atoms with Crippen molar-refractivity contribution in [3.8, 4) is 0 Å². The second-order valence-electron chi connectivity index (χ2n) is 5.47. The molecule has 2 aliphatic rings. The average molecular weight is 270 g/mol. The fourth-order valence-corrected chi connectivity index (χ4v) is 3.30.